The average Bonchev–Trinajstić information content (AvgIpc) is 2.80. The van der Waals surface area contributed by atoms with Gasteiger partial charge < -0.3 is 10.2 Å². The van der Waals surface area contributed by atoms with Gasteiger partial charge in [-0.25, -0.2) is 0 Å². The number of hydrogen-bond donors (Lipinski definition) is 1. The number of carbonyl (C=O) groups is 2. The summed E-state index contributed by atoms with van der Waals surface area (Å²) >= 11 is 6.27. The number of hydrogen-bond acceptors (Lipinski definition) is 2. The summed E-state index contributed by atoms with van der Waals surface area (Å²) in [6.45, 7) is 1.36. The molecule has 2 amide bonds. The second-order valence-corrected chi connectivity index (χ2v) is 9.00. The Bertz CT molecular complexity index is 885. The molecule has 0 aromatic heterocycles. The van der Waals surface area contributed by atoms with Crippen molar-refractivity contribution in [3.63, 3.8) is 0 Å². The van der Waals surface area contributed by atoms with E-state index in [-0.39, 0.29) is 17.9 Å². The van der Waals surface area contributed by atoms with E-state index in [0.29, 0.717) is 23.7 Å². The van der Waals surface area contributed by atoms with E-state index >= 15 is 0 Å². The molecule has 0 bridgehead atoms. The van der Waals surface area contributed by atoms with E-state index in [1.807, 2.05) is 53.4 Å². The van der Waals surface area contributed by atoms with Gasteiger partial charge in [0.1, 0.15) is 0 Å². The largest absolute Gasteiger partial charge is 0.349 e. The van der Waals surface area contributed by atoms with Crippen LogP contribution < -0.4 is 5.32 Å². The van der Waals surface area contributed by atoms with Crippen molar-refractivity contribution in [2.45, 2.75) is 56.4 Å². The van der Waals surface area contributed by atoms with Crippen LogP contribution in [0.5, 0.6) is 0 Å². The lowest BCUT2D eigenvalue weighted by Crippen LogP contribution is -2.53. The molecule has 1 saturated heterocycles. The zero-order chi connectivity index (χ0) is 21.0. The lowest BCUT2D eigenvalue weighted by Gasteiger charge is -2.42. The first-order valence-corrected chi connectivity index (χ1v) is 11.4. The zero-order valence-electron chi connectivity index (χ0n) is 17.3. The molecule has 0 unspecified atom stereocenters. The second-order valence-electron chi connectivity index (χ2n) is 8.56. The normalized spacial score (nSPS) is 19.3. The fourth-order valence-corrected chi connectivity index (χ4v) is 5.15. The highest BCUT2D eigenvalue weighted by Crippen LogP contribution is 2.42. The molecule has 5 heteroatoms. The molecule has 2 aromatic carbocycles. The van der Waals surface area contributed by atoms with Gasteiger partial charge >= 0.3 is 0 Å². The summed E-state index contributed by atoms with van der Waals surface area (Å²) in [5, 5.41) is 3.82. The number of rotatable bonds is 4. The van der Waals surface area contributed by atoms with Crippen LogP contribution in [0.1, 0.15) is 60.9 Å². The Morgan fingerprint density at radius 2 is 1.63 bits per heavy atom. The molecule has 2 fully saturated rings. The van der Waals surface area contributed by atoms with E-state index in [9.17, 15) is 9.59 Å². The van der Waals surface area contributed by atoms with Crippen LogP contribution in [0.15, 0.2) is 54.6 Å². The molecule has 158 valence electrons. The Hall–Kier alpha value is -2.33. The predicted octanol–water partition coefficient (Wildman–Crippen LogP) is 4.96. The summed E-state index contributed by atoms with van der Waals surface area (Å²) in [4.78, 5) is 28.2. The van der Waals surface area contributed by atoms with Crippen LogP contribution in [0.3, 0.4) is 0 Å². The maximum absolute atomic E-state index is 13.7. The molecule has 30 heavy (non-hydrogen) atoms. The SMILES string of the molecule is O=C(NC1CCN(C(=O)C2(c3cccc(Cl)c3)CCCCC2)CC1)c1ccccc1. The molecule has 2 aliphatic rings. The van der Waals surface area contributed by atoms with E-state index in [2.05, 4.69) is 11.4 Å². The van der Waals surface area contributed by atoms with Crippen molar-refractivity contribution in [3.05, 3.63) is 70.7 Å². The molecule has 4 nitrogen and oxygen atoms in total. The number of nitrogens with one attached hydrogen (secondary N) is 1. The van der Waals surface area contributed by atoms with Gasteiger partial charge in [0, 0.05) is 29.7 Å². The standard InChI is InChI=1S/C25H29ClN2O2/c26-21-11-7-10-20(18-21)25(14-5-2-6-15-25)24(30)28-16-12-22(13-17-28)27-23(29)19-8-3-1-4-9-19/h1,3-4,7-11,18,22H,2,5-6,12-17H2,(H,27,29). The first kappa shape index (κ1) is 20.9. The molecule has 1 heterocycles. The number of piperidine rings is 1. The number of benzene rings is 2. The lowest BCUT2D eigenvalue weighted by atomic mass is 9.68. The fourth-order valence-electron chi connectivity index (χ4n) is 4.96. The molecule has 1 N–H and O–H groups in total. The summed E-state index contributed by atoms with van der Waals surface area (Å²) in [5.41, 5.74) is 1.28. The highest BCUT2D eigenvalue weighted by atomic mass is 35.5. The molecule has 1 aliphatic carbocycles. The third-order valence-electron chi connectivity index (χ3n) is 6.65. The highest BCUT2D eigenvalue weighted by Gasteiger charge is 2.44. The third kappa shape index (κ3) is 4.39. The highest BCUT2D eigenvalue weighted by molar-refractivity contribution is 6.30. The topological polar surface area (TPSA) is 49.4 Å². The molecular formula is C25H29ClN2O2. The number of nitrogens with zero attached hydrogens (tertiary/aromatic N) is 1. The zero-order valence-corrected chi connectivity index (χ0v) is 18.0. The molecule has 0 atom stereocenters. The summed E-state index contributed by atoms with van der Waals surface area (Å²) in [7, 11) is 0. The van der Waals surface area contributed by atoms with E-state index in [1.165, 1.54) is 6.42 Å². The molecule has 2 aromatic rings. The number of amides is 2. The van der Waals surface area contributed by atoms with Crippen LogP contribution in [0, 0.1) is 0 Å². The van der Waals surface area contributed by atoms with Crippen molar-refractivity contribution in [2.75, 3.05) is 13.1 Å². The Labute approximate surface area is 183 Å². The minimum absolute atomic E-state index is 0.0388. The van der Waals surface area contributed by atoms with Gasteiger partial charge in [-0.15, -0.1) is 0 Å². The van der Waals surface area contributed by atoms with Crippen molar-refractivity contribution in [2.24, 2.45) is 0 Å². The lowest BCUT2D eigenvalue weighted by molar-refractivity contribution is -0.140. The van der Waals surface area contributed by atoms with Crippen molar-refractivity contribution < 1.29 is 9.59 Å². The first-order valence-electron chi connectivity index (χ1n) is 11.0. The van der Waals surface area contributed by atoms with Crippen LogP contribution in [0.4, 0.5) is 0 Å². The second kappa shape index (κ2) is 9.22. The van der Waals surface area contributed by atoms with Crippen LogP contribution in [0.2, 0.25) is 5.02 Å². The van der Waals surface area contributed by atoms with E-state index in [1.54, 1.807) is 0 Å². The van der Waals surface area contributed by atoms with Crippen molar-refractivity contribution in [1.29, 1.82) is 0 Å². The van der Waals surface area contributed by atoms with Gasteiger partial charge in [-0.1, -0.05) is 61.2 Å². The Balaban J connectivity index is 1.43. The third-order valence-corrected chi connectivity index (χ3v) is 6.88. The molecule has 1 saturated carbocycles. The van der Waals surface area contributed by atoms with Gasteiger partial charge in [0.15, 0.2) is 0 Å². The van der Waals surface area contributed by atoms with Gasteiger partial charge in [0.25, 0.3) is 5.91 Å². The number of halogens is 1. The minimum Gasteiger partial charge on any atom is -0.349 e. The summed E-state index contributed by atoms with van der Waals surface area (Å²) in [5.74, 6) is 0.195. The van der Waals surface area contributed by atoms with Gasteiger partial charge in [0.2, 0.25) is 5.91 Å². The van der Waals surface area contributed by atoms with E-state index < -0.39 is 5.41 Å². The molecular weight excluding hydrogens is 396 g/mol. The quantitative estimate of drug-likeness (QED) is 0.753. The summed E-state index contributed by atoms with van der Waals surface area (Å²) in [6.07, 6.45) is 6.67. The van der Waals surface area contributed by atoms with Crippen LogP contribution in [-0.2, 0) is 10.2 Å². The Kier molecular flexibility index (Phi) is 6.43. The molecule has 0 spiro atoms. The van der Waals surface area contributed by atoms with Crippen molar-refractivity contribution >= 4 is 23.4 Å². The van der Waals surface area contributed by atoms with Gasteiger partial charge in [0.05, 0.1) is 5.41 Å². The Morgan fingerprint density at radius 3 is 2.30 bits per heavy atom. The van der Waals surface area contributed by atoms with Crippen molar-refractivity contribution in [3.8, 4) is 0 Å². The average molecular weight is 425 g/mol. The van der Waals surface area contributed by atoms with Gasteiger partial charge in [-0.05, 0) is 55.5 Å². The van der Waals surface area contributed by atoms with Gasteiger partial charge in [-0.3, -0.25) is 9.59 Å². The van der Waals surface area contributed by atoms with Crippen LogP contribution in [-0.4, -0.2) is 35.8 Å². The monoisotopic (exact) mass is 424 g/mol. The van der Waals surface area contributed by atoms with Crippen LogP contribution >= 0.6 is 11.6 Å². The van der Waals surface area contributed by atoms with E-state index in [0.717, 1.165) is 44.1 Å². The number of likely N-dealkylation sites (tertiary alicyclic amines) is 1. The minimum atomic E-state index is -0.455. The maximum atomic E-state index is 13.7. The van der Waals surface area contributed by atoms with Gasteiger partial charge in [-0.2, -0.15) is 0 Å². The van der Waals surface area contributed by atoms with Crippen molar-refractivity contribution in [1.82, 2.24) is 10.2 Å². The van der Waals surface area contributed by atoms with Crippen LogP contribution in [0.25, 0.3) is 0 Å². The summed E-state index contributed by atoms with van der Waals surface area (Å²) < 4.78 is 0. The fraction of sp³-hybridized carbons (Fsp3) is 0.440. The predicted molar refractivity (Wildman–Crippen MR) is 120 cm³/mol. The molecule has 0 radical (unpaired) electrons. The van der Waals surface area contributed by atoms with E-state index in [4.69, 9.17) is 11.6 Å². The first-order chi connectivity index (χ1) is 14.6. The Morgan fingerprint density at radius 1 is 0.933 bits per heavy atom. The molecule has 1 aliphatic heterocycles. The summed E-state index contributed by atoms with van der Waals surface area (Å²) in [6, 6.07) is 17.2. The maximum Gasteiger partial charge on any atom is 0.251 e. The smallest absolute Gasteiger partial charge is 0.251 e. The number of carbonyl (C=O) groups excluding carboxylic acids is 2. The molecule has 4 rings (SSSR count).